The quantitative estimate of drug-likeness (QED) is 0.464. The predicted octanol–water partition coefficient (Wildman–Crippen LogP) is 3.31. The fourth-order valence-corrected chi connectivity index (χ4v) is 1.78. The number of thiol groups is 1. The Bertz CT molecular complexity index is 323. The van der Waals surface area contributed by atoms with E-state index in [0.29, 0.717) is 22.8 Å². The number of benzene rings is 1. The van der Waals surface area contributed by atoms with Gasteiger partial charge >= 0.3 is 0 Å². The second-order valence-corrected chi connectivity index (χ2v) is 3.44. The molecule has 0 N–H and O–H groups in total. The van der Waals surface area contributed by atoms with Gasteiger partial charge in [0.2, 0.25) is 0 Å². The van der Waals surface area contributed by atoms with Crippen molar-refractivity contribution >= 4 is 30.0 Å². The number of carbonyl (C=O) groups is 1. The molecule has 1 rings (SSSR count). The fourth-order valence-electron chi connectivity index (χ4n) is 1.11. The van der Waals surface area contributed by atoms with Crippen molar-refractivity contribution in [3.8, 4) is 0 Å². The van der Waals surface area contributed by atoms with Gasteiger partial charge in [-0.2, -0.15) is 0 Å². The van der Waals surface area contributed by atoms with Crippen molar-refractivity contribution in [3.63, 3.8) is 0 Å². The number of hydrogen-bond acceptors (Lipinski definition) is 2. The van der Waals surface area contributed by atoms with Gasteiger partial charge in [0.1, 0.15) is 0 Å². The van der Waals surface area contributed by atoms with Crippen molar-refractivity contribution in [3.05, 3.63) is 29.3 Å². The van der Waals surface area contributed by atoms with Gasteiger partial charge in [-0.05, 0) is 5.56 Å². The first kappa shape index (κ1) is 10.6. The number of rotatable bonds is 3. The van der Waals surface area contributed by atoms with Crippen LogP contribution in [-0.4, -0.2) is 5.78 Å². The van der Waals surface area contributed by atoms with Crippen LogP contribution in [0.4, 0.5) is 0 Å². The molecule has 0 unspecified atom stereocenters. The molecule has 0 radical (unpaired) electrons. The lowest BCUT2D eigenvalue weighted by molar-refractivity contribution is 0.0985. The van der Waals surface area contributed by atoms with Gasteiger partial charge in [-0.1, -0.05) is 25.1 Å². The SMILES string of the molecule is CCC(=O)c1cccc(CCl)c1S. The molecule has 1 aromatic rings. The zero-order valence-corrected chi connectivity index (χ0v) is 9.03. The Morgan fingerprint density at radius 1 is 1.54 bits per heavy atom. The van der Waals surface area contributed by atoms with E-state index in [0.717, 1.165) is 5.56 Å². The molecule has 0 spiro atoms. The van der Waals surface area contributed by atoms with Crippen LogP contribution in [-0.2, 0) is 5.88 Å². The Morgan fingerprint density at radius 3 is 2.77 bits per heavy atom. The Hall–Kier alpha value is -0.470. The molecule has 1 aromatic carbocycles. The maximum Gasteiger partial charge on any atom is 0.163 e. The lowest BCUT2D eigenvalue weighted by Gasteiger charge is -2.05. The standard InChI is InChI=1S/C10H11ClOS/c1-2-9(12)8-5-3-4-7(6-11)10(8)13/h3-5,13H,2,6H2,1H3. The van der Waals surface area contributed by atoms with Crippen LogP contribution >= 0.6 is 24.2 Å². The van der Waals surface area contributed by atoms with E-state index < -0.39 is 0 Å². The molecular formula is C10H11ClOS. The summed E-state index contributed by atoms with van der Waals surface area (Å²) in [5.41, 5.74) is 1.58. The molecule has 0 aliphatic carbocycles. The van der Waals surface area contributed by atoms with E-state index >= 15 is 0 Å². The van der Waals surface area contributed by atoms with E-state index in [-0.39, 0.29) is 5.78 Å². The van der Waals surface area contributed by atoms with Gasteiger partial charge in [-0.3, -0.25) is 4.79 Å². The second-order valence-electron chi connectivity index (χ2n) is 2.72. The van der Waals surface area contributed by atoms with Crippen LogP contribution in [0.2, 0.25) is 0 Å². The third-order valence-corrected chi connectivity index (χ3v) is 2.70. The number of alkyl halides is 1. The van der Waals surface area contributed by atoms with Gasteiger partial charge in [0, 0.05) is 22.8 Å². The minimum absolute atomic E-state index is 0.108. The largest absolute Gasteiger partial charge is 0.294 e. The molecule has 70 valence electrons. The van der Waals surface area contributed by atoms with Crippen molar-refractivity contribution in [1.82, 2.24) is 0 Å². The Balaban J connectivity index is 3.15. The molecule has 0 aliphatic heterocycles. The summed E-state index contributed by atoms with van der Waals surface area (Å²) >= 11 is 9.97. The Labute approximate surface area is 88.5 Å². The molecule has 0 atom stereocenters. The summed E-state index contributed by atoms with van der Waals surface area (Å²) in [7, 11) is 0. The molecule has 3 heteroatoms. The molecule has 13 heavy (non-hydrogen) atoms. The summed E-state index contributed by atoms with van der Waals surface area (Å²) in [5, 5.41) is 0. The Morgan fingerprint density at radius 2 is 2.23 bits per heavy atom. The number of carbonyl (C=O) groups excluding carboxylic acids is 1. The highest BCUT2D eigenvalue weighted by Crippen LogP contribution is 2.21. The summed E-state index contributed by atoms with van der Waals surface area (Å²) < 4.78 is 0. The summed E-state index contributed by atoms with van der Waals surface area (Å²) in [6.45, 7) is 1.84. The average molecular weight is 215 g/mol. The highest BCUT2D eigenvalue weighted by atomic mass is 35.5. The van der Waals surface area contributed by atoms with Crippen molar-refractivity contribution in [2.75, 3.05) is 0 Å². The zero-order valence-electron chi connectivity index (χ0n) is 7.38. The number of hydrogen-bond donors (Lipinski definition) is 1. The minimum Gasteiger partial charge on any atom is -0.294 e. The smallest absolute Gasteiger partial charge is 0.163 e. The summed E-state index contributed by atoms with van der Waals surface area (Å²) in [4.78, 5) is 12.1. The van der Waals surface area contributed by atoms with Gasteiger partial charge in [0.05, 0.1) is 0 Å². The lowest BCUT2D eigenvalue weighted by Crippen LogP contribution is -1.99. The number of ketones is 1. The molecule has 0 heterocycles. The van der Waals surface area contributed by atoms with Gasteiger partial charge in [0.15, 0.2) is 5.78 Å². The van der Waals surface area contributed by atoms with Crippen LogP contribution in [0.1, 0.15) is 29.3 Å². The van der Waals surface area contributed by atoms with Crippen molar-refractivity contribution in [1.29, 1.82) is 0 Å². The van der Waals surface area contributed by atoms with E-state index in [4.69, 9.17) is 11.6 Å². The molecular weight excluding hydrogens is 204 g/mol. The van der Waals surface area contributed by atoms with Crippen molar-refractivity contribution in [2.45, 2.75) is 24.1 Å². The topological polar surface area (TPSA) is 17.1 Å². The van der Waals surface area contributed by atoms with Crippen LogP contribution in [0.3, 0.4) is 0 Å². The number of Topliss-reactive ketones (excluding diaryl/α,β-unsaturated/α-hetero) is 1. The second kappa shape index (κ2) is 4.68. The predicted molar refractivity (Wildman–Crippen MR) is 57.9 cm³/mol. The maximum atomic E-state index is 11.4. The first-order valence-corrected chi connectivity index (χ1v) is 5.08. The van der Waals surface area contributed by atoms with Gasteiger partial charge in [0.25, 0.3) is 0 Å². The van der Waals surface area contributed by atoms with E-state index in [1.54, 1.807) is 6.07 Å². The van der Waals surface area contributed by atoms with Crippen molar-refractivity contribution < 1.29 is 4.79 Å². The molecule has 0 bridgehead atoms. The molecule has 0 aliphatic rings. The highest BCUT2D eigenvalue weighted by molar-refractivity contribution is 7.80. The van der Waals surface area contributed by atoms with E-state index in [9.17, 15) is 4.79 Å². The molecule has 1 nitrogen and oxygen atoms in total. The van der Waals surface area contributed by atoms with Crippen LogP contribution < -0.4 is 0 Å². The van der Waals surface area contributed by atoms with Crippen LogP contribution in [0.5, 0.6) is 0 Å². The normalized spacial score (nSPS) is 10.1. The third kappa shape index (κ3) is 2.26. The van der Waals surface area contributed by atoms with Crippen LogP contribution in [0, 0.1) is 0 Å². The van der Waals surface area contributed by atoms with Gasteiger partial charge < -0.3 is 0 Å². The third-order valence-electron chi connectivity index (χ3n) is 1.89. The van der Waals surface area contributed by atoms with E-state index in [1.807, 2.05) is 19.1 Å². The van der Waals surface area contributed by atoms with E-state index in [1.165, 1.54) is 0 Å². The summed E-state index contributed by atoms with van der Waals surface area (Å²) in [6.07, 6.45) is 0.499. The number of halogens is 1. The molecule has 0 saturated heterocycles. The first-order chi connectivity index (χ1) is 6.20. The summed E-state index contributed by atoms with van der Waals surface area (Å²) in [5.74, 6) is 0.501. The van der Waals surface area contributed by atoms with Gasteiger partial charge in [-0.25, -0.2) is 0 Å². The average Bonchev–Trinajstić information content (AvgIpc) is 2.17. The van der Waals surface area contributed by atoms with Crippen molar-refractivity contribution in [2.24, 2.45) is 0 Å². The van der Waals surface area contributed by atoms with Gasteiger partial charge in [-0.15, -0.1) is 24.2 Å². The fraction of sp³-hybridized carbons (Fsp3) is 0.300. The first-order valence-electron chi connectivity index (χ1n) is 4.10. The molecule has 0 amide bonds. The maximum absolute atomic E-state index is 11.4. The zero-order chi connectivity index (χ0) is 9.84. The molecule has 0 fully saturated rings. The monoisotopic (exact) mass is 214 g/mol. The Kier molecular flexibility index (Phi) is 3.82. The summed E-state index contributed by atoms with van der Waals surface area (Å²) in [6, 6.07) is 5.49. The highest BCUT2D eigenvalue weighted by Gasteiger charge is 2.09. The lowest BCUT2D eigenvalue weighted by atomic mass is 10.1. The molecule has 0 aromatic heterocycles. The van der Waals surface area contributed by atoms with Crippen LogP contribution in [0.15, 0.2) is 23.1 Å². The molecule has 0 saturated carbocycles. The minimum atomic E-state index is 0.108. The van der Waals surface area contributed by atoms with E-state index in [2.05, 4.69) is 12.6 Å². The van der Waals surface area contributed by atoms with Crippen LogP contribution in [0.25, 0.3) is 0 Å².